The number of carbonyl (C=O) groups is 1. The third-order valence-electron chi connectivity index (χ3n) is 4.87. The Bertz CT molecular complexity index is 617. The first-order valence-corrected chi connectivity index (χ1v) is 8.46. The smallest absolute Gasteiger partial charge is 0.226 e. The van der Waals surface area contributed by atoms with E-state index in [1.807, 2.05) is 30.7 Å². The number of amides is 1. The number of benzene rings is 1. The summed E-state index contributed by atoms with van der Waals surface area (Å²) >= 11 is 0. The zero-order valence-electron chi connectivity index (χ0n) is 13.7. The molecule has 1 fully saturated rings. The van der Waals surface area contributed by atoms with Gasteiger partial charge < -0.3 is 9.88 Å². The maximum absolute atomic E-state index is 12.7. The van der Waals surface area contributed by atoms with Gasteiger partial charge in [0.2, 0.25) is 5.91 Å². The number of aromatic nitrogens is 2. The molecule has 122 valence electrons. The van der Waals surface area contributed by atoms with Crippen LogP contribution >= 0.6 is 0 Å². The SMILES string of the molecule is C[C@H](CNC(=O)C1(Cc2ccccc2)CCC1)Cn1ccnc1. The van der Waals surface area contributed by atoms with Gasteiger partial charge in [-0.15, -0.1) is 0 Å². The molecule has 1 amide bonds. The predicted octanol–water partition coefficient (Wildman–Crippen LogP) is 3.05. The largest absolute Gasteiger partial charge is 0.355 e. The maximum Gasteiger partial charge on any atom is 0.226 e. The topological polar surface area (TPSA) is 46.9 Å². The minimum atomic E-state index is -0.184. The quantitative estimate of drug-likeness (QED) is 0.854. The molecule has 1 aromatic heterocycles. The molecule has 23 heavy (non-hydrogen) atoms. The molecular weight excluding hydrogens is 286 g/mol. The van der Waals surface area contributed by atoms with Crippen molar-refractivity contribution < 1.29 is 4.79 Å². The monoisotopic (exact) mass is 311 g/mol. The van der Waals surface area contributed by atoms with E-state index in [1.54, 1.807) is 6.20 Å². The van der Waals surface area contributed by atoms with Crippen molar-refractivity contribution >= 4 is 5.91 Å². The van der Waals surface area contributed by atoms with Crippen molar-refractivity contribution in [2.75, 3.05) is 6.54 Å². The zero-order chi connectivity index (χ0) is 16.1. The van der Waals surface area contributed by atoms with Gasteiger partial charge >= 0.3 is 0 Å². The molecule has 1 N–H and O–H groups in total. The van der Waals surface area contributed by atoms with Gasteiger partial charge in [0.25, 0.3) is 0 Å². The number of hydrogen-bond acceptors (Lipinski definition) is 2. The first-order chi connectivity index (χ1) is 11.2. The van der Waals surface area contributed by atoms with Crippen molar-refractivity contribution in [1.82, 2.24) is 14.9 Å². The van der Waals surface area contributed by atoms with E-state index in [2.05, 4.69) is 33.9 Å². The first kappa shape index (κ1) is 15.8. The van der Waals surface area contributed by atoms with E-state index in [0.717, 1.165) is 32.2 Å². The summed E-state index contributed by atoms with van der Waals surface area (Å²) in [6, 6.07) is 10.4. The van der Waals surface area contributed by atoms with E-state index in [0.29, 0.717) is 12.5 Å². The van der Waals surface area contributed by atoms with Crippen molar-refractivity contribution in [2.24, 2.45) is 11.3 Å². The van der Waals surface area contributed by atoms with Crippen molar-refractivity contribution in [3.05, 3.63) is 54.6 Å². The molecule has 0 radical (unpaired) electrons. The van der Waals surface area contributed by atoms with Crippen LogP contribution in [-0.4, -0.2) is 22.0 Å². The van der Waals surface area contributed by atoms with Crippen LogP contribution in [0.1, 0.15) is 31.7 Å². The van der Waals surface area contributed by atoms with Crippen LogP contribution in [-0.2, 0) is 17.8 Å². The van der Waals surface area contributed by atoms with Crippen molar-refractivity contribution in [3.63, 3.8) is 0 Å². The summed E-state index contributed by atoms with van der Waals surface area (Å²) in [4.78, 5) is 16.8. The average Bonchev–Trinajstić information content (AvgIpc) is 3.02. The maximum atomic E-state index is 12.7. The number of carbonyl (C=O) groups excluding carboxylic acids is 1. The second kappa shape index (κ2) is 6.99. The van der Waals surface area contributed by atoms with E-state index in [-0.39, 0.29) is 11.3 Å². The molecule has 4 heteroatoms. The molecule has 0 spiro atoms. The Morgan fingerprint density at radius 3 is 2.74 bits per heavy atom. The molecular formula is C19H25N3O. The molecule has 2 aromatic rings. The highest BCUT2D eigenvalue weighted by molar-refractivity contribution is 5.83. The summed E-state index contributed by atoms with van der Waals surface area (Å²) in [6.07, 6.45) is 9.59. The van der Waals surface area contributed by atoms with Gasteiger partial charge in [0.05, 0.1) is 11.7 Å². The summed E-state index contributed by atoms with van der Waals surface area (Å²) < 4.78 is 2.06. The van der Waals surface area contributed by atoms with Gasteiger partial charge in [0.15, 0.2) is 0 Å². The molecule has 1 saturated carbocycles. The zero-order valence-corrected chi connectivity index (χ0v) is 13.7. The fourth-order valence-electron chi connectivity index (χ4n) is 3.35. The van der Waals surface area contributed by atoms with Crippen LogP contribution in [0.5, 0.6) is 0 Å². The Kier molecular flexibility index (Phi) is 4.79. The lowest BCUT2D eigenvalue weighted by Crippen LogP contribution is -2.48. The van der Waals surface area contributed by atoms with E-state index >= 15 is 0 Å². The summed E-state index contributed by atoms with van der Waals surface area (Å²) in [7, 11) is 0. The number of imidazole rings is 1. The summed E-state index contributed by atoms with van der Waals surface area (Å²) in [6.45, 7) is 3.75. The van der Waals surface area contributed by atoms with Gasteiger partial charge in [-0.1, -0.05) is 43.7 Å². The van der Waals surface area contributed by atoms with Crippen molar-refractivity contribution in [2.45, 2.75) is 39.2 Å². The number of nitrogens with one attached hydrogen (secondary N) is 1. The van der Waals surface area contributed by atoms with Gasteiger partial charge in [0.1, 0.15) is 0 Å². The number of hydrogen-bond donors (Lipinski definition) is 1. The highest BCUT2D eigenvalue weighted by Gasteiger charge is 2.43. The minimum Gasteiger partial charge on any atom is -0.355 e. The van der Waals surface area contributed by atoms with Crippen LogP contribution in [0.15, 0.2) is 49.1 Å². The third kappa shape index (κ3) is 3.81. The average molecular weight is 311 g/mol. The van der Waals surface area contributed by atoms with Gasteiger partial charge in [-0.25, -0.2) is 4.98 Å². The van der Waals surface area contributed by atoms with Gasteiger partial charge in [-0.05, 0) is 30.7 Å². The lowest BCUT2D eigenvalue weighted by Gasteiger charge is -2.40. The van der Waals surface area contributed by atoms with Crippen LogP contribution < -0.4 is 5.32 Å². The van der Waals surface area contributed by atoms with E-state index < -0.39 is 0 Å². The highest BCUT2D eigenvalue weighted by atomic mass is 16.2. The standard InChI is InChI=1S/C19H25N3O/c1-16(14-22-11-10-20-15-22)13-21-18(23)19(8-5-9-19)12-17-6-3-2-4-7-17/h2-4,6-7,10-11,15-16H,5,8-9,12-14H2,1H3,(H,21,23)/t16-/m1/s1. The summed E-state index contributed by atoms with van der Waals surface area (Å²) in [5, 5.41) is 3.19. The molecule has 4 nitrogen and oxygen atoms in total. The molecule has 0 unspecified atom stereocenters. The first-order valence-electron chi connectivity index (χ1n) is 8.46. The van der Waals surface area contributed by atoms with Crippen molar-refractivity contribution in [3.8, 4) is 0 Å². The summed E-state index contributed by atoms with van der Waals surface area (Å²) in [5.41, 5.74) is 1.07. The molecule has 1 aliphatic rings. The Morgan fingerprint density at radius 2 is 2.13 bits per heavy atom. The van der Waals surface area contributed by atoms with Crippen LogP contribution in [0.3, 0.4) is 0 Å². The minimum absolute atomic E-state index is 0.184. The van der Waals surface area contributed by atoms with Crippen molar-refractivity contribution in [1.29, 1.82) is 0 Å². The van der Waals surface area contributed by atoms with E-state index in [9.17, 15) is 4.79 Å². The molecule has 1 aromatic carbocycles. The van der Waals surface area contributed by atoms with Gasteiger partial charge in [0, 0.05) is 25.5 Å². The Hall–Kier alpha value is -2.10. The molecule has 1 aliphatic carbocycles. The van der Waals surface area contributed by atoms with Crippen LogP contribution in [0, 0.1) is 11.3 Å². The van der Waals surface area contributed by atoms with Gasteiger partial charge in [-0.3, -0.25) is 4.79 Å². The Labute approximate surface area is 137 Å². The fraction of sp³-hybridized carbons (Fsp3) is 0.474. The lowest BCUT2D eigenvalue weighted by atomic mass is 9.64. The fourth-order valence-corrected chi connectivity index (χ4v) is 3.35. The van der Waals surface area contributed by atoms with E-state index in [1.165, 1.54) is 5.56 Å². The molecule has 1 atom stereocenters. The number of rotatable bonds is 7. The normalized spacial score (nSPS) is 17.3. The lowest BCUT2D eigenvalue weighted by molar-refractivity contribution is -0.136. The van der Waals surface area contributed by atoms with Crippen LogP contribution in [0.4, 0.5) is 0 Å². The summed E-state index contributed by atoms with van der Waals surface area (Å²) in [5.74, 6) is 0.618. The highest BCUT2D eigenvalue weighted by Crippen LogP contribution is 2.44. The molecule has 0 bridgehead atoms. The molecule has 3 rings (SSSR count). The number of nitrogens with zero attached hydrogens (tertiary/aromatic N) is 2. The van der Waals surface area contributed by atoms with Crippen LogP contribution in [0.2, 0.25) is 0 Å². The molecule has 1 heterocycles. The Morgan fingerprint density at radius 1 is 1.35 bits per heavy atom. The van der Waals surface area contributed by atoms with Gasteiger partial charge in [-0.2, -0.15) is 0 Å². The second-order valence-corrected chi connectivity index (χ2v) is 6.87. The van der Waals surface area contributed by atoms with E-state index in [4.69, 9.17) is 0 Å². The Balaban J connectivity index is 1.53. The second-order valence-electron chi connectivity index (χ2n) is 6.87. The molecule has 0 saturated heterocycles. The van der Waals surface area contributed by atoms with Crippen LogP contribution in [0.25, 0.3) is 0 Å². The third-order valence-corrected chi connectivity index (χ3v) is 4.87. The molecule has 0 aliphatic heterocycles. The predicted molar refractivity (Wildman–Crippen MR) is 90.8 cm³/mol.